The van der Waals surface area contributed by atoms with Crippen LogP contribution in [0.2, 0.25) is 0 Å². The maximum absolute atomic E-state index is 13.9. The number of halogens is 2. The number of carboxylic acid groups (broad SMARTS) is 1. The molecule has 0 saturated carbocycles. The van der Waals surface area contributed by atoms with E-state index in [4.69, 9.17) is 5.11 Å². The summed E-state index contributed by atoms with van der Waals surface area (Å²) < 4.78 is 27.7. The molecule has 1 aliphatic heterocycles. The second kappa shape index (κ2) is 11.8. The third-order valence-electron chi connectivity index (χ3n) is 4.82. The molecule has 7 heteroatoms. The average Bonchev–Trinajstić information content (AvgIpc) is 2.85. The molecule has 1 heterocycles. The number of amides is 1. The fraction of sp³-hybridized carbons (Fsp3) is 0.714. The Morgan fingerprint density at radius 2 is 2.00 bits per heavy atom. The fourth-order valence-corrected chi connectivity index (χ4v) is 3.08. The van der Waals surface area contributed by atoms with Gasteiger partial charge in [-0.05, 0) is 18.8 Å². The molecular weight excluding hydrogens is 368 g/mol. The van der Waals surface area contributed by atoms with Crippen LogP contribution in [0.4, 0.5) is 8.78 Å². The zero-order valence-electron chi connectivity index (χ0n) is 16.7. The third-order valence-corrected chi connectivity index (χ3v) is 4.82. The fourth-order valence-electron chi connectivity index (χ4n) is 3.08. The van der Waals surface area contributed by atoms with E-state index in [-0.39, 0.29) is 18.9 Å². The number of aliphatic hydroxyl groups is 1. The summed E-state index contributed by atoms with van der Waals surface area (Å²) in [7, 11) is 0. The number of unbranched alkanes of at least 4 members (excludes halogenated alkanes) is 3. The van der Waals surface area contributed by atoms with E-state index in [1.165, 1.54) is 17.1 Å². The highest BCUT2D eigenvalue weighted by Crippen LogP contribution is 2.34. The topological polar surface area (TPSA) is 77.8 Å². The van der Waals surface area contributed by atoms with Crippen LogP contribution in [0, 0.1) is 17.8 Å². The number of aliphatic hydroxyl groups excluding tert-OH is 1. The Balaban J connectivity index is 2.58. The molecule has 5 nitrogen and oxygen atoms in total. The normalized spacial score (nSPS) is 20.8. The largest absolute Gasteiger partial charge is 0.481 e. The second-order valence-electron chi connectivity index (χ2n) is 7.30. The van der Waals surface area contributed by atoms with Crippen molar-refractivity contribution in [3.05, 3.63) is 12.2 Å². The van der Waals surface area contributed by atoms with E-state index in [0.29, 0.717) is 32.1 Å². The molecule has 1 amide bonds. The van der Waals surface area contributed by atoms with Gasteiger partial charge in [-0.3, -0.25) is 9.59 Å². The molecule has 1 rings (SSSR count). The summed E-state index contributed by atoms with van der Waals surface area (Å²) in [6.45, 7) is 3.97. The molecule has 0 aliphatic carbocycles. The molecule has 1 unspecified atom stereocenters. The number of alkyl halides is 2. The van der Waals surface area contributed by atoms with Gasteiger partial charge in [0.2, 0.25) is 0 Å². The SMILES string of the molecule is CCC#CC[C@H](C)[C@@H](O)C=CC1CC(F)(F)C(=O)N1CCCCCCC(=O)O. The van der Waals surface area contributed by atoms with Gasteiger partial charge in [0, 0.05) is 32.2 Å². The number of likely N-dealkylation sites (tertiary alicyclic amines) is 1. The van der Waals surface area contributed by atoms with Crippen LogP contribution < -0.4 is 0 Å². The van der Waals surface area contributed by atoms with E-state index < -0.39 is 36.4 Å². The smallest absolute Gasteiger partial charge is 0.327 e. The van der Waals surface area contributed by atoms with Gasteiger partial charge in [0.25, 0.3) is 5.91 Å². The number of hydrogen-bond donors (Lipinski definition) is 2. The Labute approximate surface area is 165 Å². The summed E-state index contributed by atoms with van der Waals surface area (Å²) in [5.41, 5.74) is 0. The van der Waals surface area contributed by atoms with E-state index in [1.54, 1.807) is 0 Å². The molecule has 1 saturated heterocycles. The number of carboxylic acids is 1. The van der Waals surface area contributed by atoms with Crippen molar-refractivity contribution in [3.8, 4) is 11.8 Å². The number of hydrogen-bond acceptors (Lipinski definition) is 3. The predicted octanol–water partition coefficient (Wildman–Crippen LogP) is 3.61. The number of aliphatic carboxylic acids is 1. The summed E-state index contributed by atoms with van der Waals surface area (Å²) in [6, 6.07) is -0.745. The molecule has 0 aromatic heterocycles. The zero-order valence-corrected chi connectivity index (χ0v) is 16.7. The van der Waals surface area contributed by atoms with E-state index >= 15 is 0 Å². The highest BCUT2D eigenvalue weighted by atomic mass is 19.3. The maximum atomic E-state index is 13.9. The first-order chi connectivity index (χ1) is 13.2. The first kappa shape index (κ1) is 24.1. The number of nitrogens with zero attached hydrogens (tertiary/aromatic N) is 1. The van der Waals surface area contributed by atoms with Crippen molar-refractivity contribution in [1.29, 1.82) is 0 Å². The van der Waals surface area contributed by atoms with Gasteiger partial charge < -0.3 is 15.1 Å². The van der Waals surface area contributed by atoms with Crippen LogP contribution in [-0.4, -0.2) is 51.6 Å². The molecule has 0 aromatic carbocycles. The summed E-state index contributed by atoms with van der Waals surface area (Å²) >= 11 is 0. The summed E-state index contributed by atoms with van der Waals surface area (Å²) in [4.78, 5) is 23.6. The molecule has 28 heavy (non-hydrogen) atoms. The third kappa shape index (κ3) is 7.97. The lowest BCUT2D eigenvalue weighted by atomic mass is 9.99. The van der Waals surface area contributed by atoms with Gasteiger partial charge in [0.05, 0.1) is 12.1 Å². The van der Waals surface area contributed by atoms with Crippen LogP contribution in [0.5, 0.6) is 0 Å². The van der Waals surface area contributed by atoms with Gasteiger partial charge in [0.15, 0.2) is 0 Å². The van der Waals surface area contributed by atoms with Crippen LogP contribution in [0.25, 0.3) is 0 Å². The molecule has 0 aromatic rings. The molecule has 0 radical (unpaired) electrons. The first-order valence-corrected chi connectivity index (χ1v) is 9.91. The molecule has 1 aliphatic rings. The van der Waals surface area contributed by atoms with E-state index in [2.05, 4.69) is 11.8 Å². The van der Waals surface area contributed by atoms with Gasteiger partial charge in [-0.1, -0.05) is 38.8 Å². The van der Waals surface area contributed by atoms with Crippen molar-refractivity contribution >= 4 is 11.9 Å². The summed E-state index contributed by atoms with van der Waals surface area (Å²) in [5.74, 6) is 0.341. The van der Waals surface area contributed by atoms with Gasteiger partial charge in [-0.25, -0.2) is 0 Å². The molecule has 1 fully saturated rings. The first-order valence-electron chi connectivity index (χ1n) is 9.91. The van der Waals surface area contributed by atoms with Crippen molar-refractivity contribution < 1.29 is 28.6 Å². The number of rotatable bonds is 11. The minimum absolute atomic E-state index is 0.0881. The number of carbonyl (C=O) groups is 2. The van der Waals surface area contributed by atoms with Crippen molar-refractivity contribution in [2.24, 2.45) is 5.92 Å². The minimum Gasteiger partial charge on any atom is -0.481 e. The van der Waals surface area contributed by atoms with E-state index in [9.17, 15) is 23.5 Å². The van der Waals surface area contributed by atoms with Gasteiger partial charge in [-0.2, -0.15) is 8.78 Å². The zero-order chi connectivity index (χ0) is 21.2. The van der Waals surface area contributed by atoms with Crippen LogP contribution in [0.15, 0.2) is 12.2 Å². The highest BCUT2D eigenvalue weighted by molar-refractivity contribution is 5.86. The predicted molar refractivity (Wildman–Crippen MR) is 103 cm³/mol. The molecular formula is C21H31F2NO4. The Morgan fingerprint density at radius 1 is 1.32 bits per heavy atom. The Bertz CT molecular complexity index is 609. The van der Waals surface area contributed by atoms with Crippen LogP contribution >= 0.6 is 0 Å². The quantitative estimate of drug-likeness (QED) is 0.316. The Hall–Kier alpha value is -1.94. The van der Waals surface area contributed by atoms with E-state index in [1.807, 2.05) is 13.8 Å². The second-order valence-corrected chi connectivity index (χ2v) is 7.30. The Morgan fingerprint density at radius 3 is 2.64 bits per heavy atom. The highest BCUT2D eigenvalue weighted by Gasteiger charge is 2.52. The maximum Gasteiger partial charge on any atom is 0.327 e. The molecule has 3 atom stereocenters. The van der Waals surface area contributed by atoms with Crippen molar-refractivity contribution in [1.82, 2.24) is 4.90 Å². The van der Waals surface area contributed by atoms with Crippen LogP contribution in [-0.2, 0) is 9.59 Å². The lowest BCUT2D eigenvalue weighted by molar-refractivity contribution is -0.148. The van der Waals surface area contributed by atoms with Crippen LogP contribution in [0.1, 0.15) is 65.2 Å². The summed E-state index contributed by atoms with van der Waals surface area (Å²) in [6.07, 6.45) is 5.36. The molecule has 0 spiro atoms. The van der Waals surface area contributed by atoms with E-state index in [0.717, 1.165) is 6.42 Å². The lowest BCUT2D eigenvalue weighted by Crippen LogP contribution is -2.36. The average molecular weight is 399 g/mol. The Kier molecular flexibility index (Phi) is 10.2. The molecule has 2 N–H and O–H groups in total. The van der Waals surface area contributed by atoms with Gasteiger partial charge >= 0.3 is 11.9 Å². The van der Waals surface area contributed by atoms with Gasteiger partial charge in [-0.15, -0.1) is 11.8 Å². The van der Waals surface area contributed by atoms with Crippen LogP contribution in [0.3, 0.4) is 0 Å². The number of carbonyl (C=O) groups excluding carboxylic acids is 1. The lowest BCUT2D eigenvalue weighted by Gasteiger charge is -2.22. The standard InChI is InChI=1S/C21H31F2NO4/c1-3-4-7-10-16(2)18(25)13-12-17-15-21(22,23)20(28)24(17)14-9-6-5-8-11-19(26)27/h12-13,16-18,25H,3,5-6,8-11,14-15H2,1-2H3,(H,26,27)/t16-,17?,18-/m0/s1. The monoisotopic (exact) mass is 399 g/mol. The van der Waals surface area contributed by atoms with Crippen molar-refractivity contribution in [2.45, 2.75) is 83.3 Å². The van der Waals surface area contributed by atoms with Crippen molar-refractivity contribution in [2.75, 3.05) is 6.54 Å². The van der Waals surface area contributed by atoms with Crippen molar-refractivity contribution in [3.63, 3.8) is 0 Å². The summed E-state index contributed by atoms with van der Waals surface area (Å²) in [5, 5.41) is 18.8. The molecule has 0 bridgehead atoms. The molecule has 158 valence electrons. The van der Waals surface area contributed by atoms with Gasteiger partial charge in [0.1, 0.15) is 0 Å². The minimum atomic E-state index is -3.39.